The summed E-state index contributed by atoms with van der Waals surface area (Å²) >= 11 is 12.5. The summed E-state index contributed by atoms with van der Waals surface area (Å²) in [7, 11) is 0. The van der Waals surface area contributed by atoms with E-state index in [2.05, 4.69) is 25.1 Å². The molecule has 162 valence electrons. The number of hydrogen-bond acceptors (Lipinski definition) is 4. The van der Waals surface area contributed by atoms with Gasteiger partial charge in [0.2, 0.25) is 0 Å². The van der Waals surface area contributed by atoms with Crippen molar-refractivity contribution in [1.82, 2.24) is 20.2 Å². The van der Waals surface area contributed by atoms with Gasteiger partial charge in [0.05, 0.1) is 21.3 Å². The summed E-state index contributed by atoms with van der Waals surface area (Å²) < 4.78 is 0. The lowest BCUT2D eigenvalue weighted by Crippen LogP contribution is -2.48. The molecule has 1 saturated heterocycles. The van der Waals surface area contributed by atoms with Crippen molar-refractivity contribution in [2.75, 3.05) is 44.2 Å². The molecule has 3 aromatic rings. The average Bonchev–Trinajstić information content (AvgIpc) is 3.18. The van der Waals surface area contributed by atoms with E-state index in [1.54, 1.807) is 18.5 Å². The second-order valence-electron chi connectivity index (χ2n) is 7.62. The predicted octanol–water partition coefficient (Wildman–Crippen LogP) is 4.24. The van der Waals surface area contributed by atoms with Gasteiger partial charge in [-0.3, -0.25) is 14.7 Å². The van der Waals surface area contributed by atoms with Crippen molar-refractivity contribution in [2.45, 2.75) is 6.92 Å². The van der Waals surface area contributed by atoms with Crippen LogP contribution in [0.5, 0.6) is 0 Å². The van der Waals surface area contributed by atoms with Gasteiger partial charge in [-0.2, -0.15) is 0 Å². The number of H-pyrrole nitrogens is 1. The number of piperazine rings is 1. The van der Waals surface area contributed by atoms with Crippen LogP contribution in [0.4, 0.5) is 5.69 Å². The summed E-state index contributed by atoms with van der Waals surface area (Å²) in [5.41, 5.74) is 4.44. The average molecular weight is 458 g/mol. The Morgan fingerprint density at radius 3 is 2.61 bits per heavy atom. The van der Waals surface area contributed by atoms with E-state index in [0.717, 1.165) is 55.4 Å². The first-order valence-electron chi connectivity index (χ1n) is 10.3. The molecule has 1 amide bonds. The highest BCUT2D eigenvalue weighted by Crippen LogP contribution is 2.32. The van der Waals surface area contributed by atoms with Crippen LogP contribution in [0.1, 0.15) is 16.1 Å². The van der Waals surface area contributed by atoms with Crippen LogP contribution in [0.15, 0.2) is 48.8 Å². The van der Waals surface area contributed by atoms with Crippen molar-refractivity contribution < 1.29 is 4.79 Å². The van der Waals surface area contributed by atoms with Crippen LogP contribution < -0.4 is 10.2 Å². The number of anilines is 1. The van der Waals surface area contributed by atoms with E-state index in [4.69, 9.17) is 23.2 Å². The molecule has 8 heteroatoms. The first-order valence-corrected chi connectivity index (χ1v) is 11.1. The van der Waals surface area contributed by atoms with Crippen LogP contribution in [-0.2, 0) is 0 Å². The molecule has 0 radical (unpaired) electrons. The number of carbonyl (C=O) groups is 1. The molecule has 31 heavy (non-hydrogen) atoms. The molecule has 0 spiro atoms. The second-order valence-corrected chi connectivity index (χ2v) is 8.40. The van der Waals surface area contributed by atoms with E-state index < -0.39 is 0 Å². The third-order valence-corrected chi connectivity index (χ3v) is 6.42. The van der Waals surface area contributed by atoms with Gasteiger partial charge in [0.25, 0.3) is 5.91 Å². The maximum atomic E-state index is 12.7. The number of aryl methyl sites for hydroxylation is 1. The third kappa shape index (κ3) is 5.03. The molecular formula is C23H25Cl2N5O. The van der Waals surface area contributed by atoms with E-state index in [1.165, 1.54) is 0 Å². The van der Waals surface area contributed by atoms with Gasteiger partial charge in [-0.15, -0.1) is 0 Å². The van der Waals surface area contributed by atoms with Gasteiger partial charge in [0.15, 0.2) is 0 Å². The first-order chi connectivity index (χ1) is 15.0. The van der Waals surface area contributed by atoms with Crippen molar-refractivity contribution in [3.63, 3.8) is 0 Å². The fourth-order valence-electron chi connectivity index (χ4n) is 3.85. The number of carbonyl (C=O) groups excluding carboxylic acids is 1. The van der Waals surface area contributed by atoms with Gasteiger partial charge < -0.3 is 15.2 Å². The summed E-state index contributed by atoms with van der Waals surface area (Å²) in [6, 6.07) is 11.5. The molecule has 6 nitrogen and oxygen atoms in total. The van der Waals surface area contributed by atoms with Crippen LogP contribution >= 0.6 is 23.2 Å². The molecule has 0 unspecified atom stereocenters. The molecule has 1 fully saturated rings. The first kappa shape index (κ1) is 21.7. The van der Waals surface area contributed by atoms with Crippen LogP contribution in [0.3, 0.4) is 0 Å². The molecule has 1 aliphatic heterocycles. The number of rotatable bonds is 6. The maximum absolute atomic E-state index is 12.7. The predicted molar refractivity (Wildman–Crippen MR) is 126 cm³/mol. The zero-order valence-electron chi connectivity index (χ0n) is 17.4. The van der Waals surface area contributed by atoms with Gasteiger partial charge in [-0.05, 0) is 37.3 Å². The lowest BCUT2D eigenvalue weighted by atomic mass is 10.1. The Labute approximate surface area is 192 Å². The number of pyridine rings is 1. The molecule has 2 aromatic heterocycles. The summed E-state index contributed by atoms with van der Waals surface area (Å²) in [6.45, 7) is 6.90. The minimum atomic E-state index is -0.0570. The maximum Gasteiger partial charge on any atom is 0.253 e. The molecule has 3 heterocycles. The van der Waals surface area contributed by atoms with Crippen molar-refractivity contribution in [3.8, 4) is 11.3 Å². The number of hydrogen-bond donors (Lipinski definition) is 2. The van der Waals surface area contributed by atoms with Crippen molar-refractivity contribution in [3.05, 3.63) is 70.1 Å². The van der Waals surface area contributed by atoms with E-state index in [1.807, 2.05) is 37.3 Å². The fraction of sp³-hybridized carbons (Fsp3) is 0.304. The topological polar surface area (TPSA) is 64.3 Å². The Morgan fingerprint density at radius 2 is 1.87 bits per heavy atom. The Morgan fingerprint density at radius 1 is 1.13 bits per heavy atom. The number of aromatic amines is 1. The minimum absolute atomic E-state index is 0.0570. The molecule has 1 aliphatic rings. The normalized spacial score (nSPS) is 14.6. The van der Waals surface area contributed by atoms with E-state index in [0.29, 0.717) is 22.2 Å². The molecule has 2 N–H and O–H groups in total. The van der Waals surface area contributed by atoms with Gasteiger partial charge in [-0.25, -0.2) is 0 Å². The molecule has 1 aromatic carbocycles. The smallest absolute Gasteiger partial charge is 0.253 e. The zero-order valence-corrected chi connectivity index (χ0v) is 18.9. The van der Waals surface area contributed by atoms with Crippen LogP contribution in [0.2, 0.25) is 10.0 Å². The third-order valence-electron chi connectivity index (χ3n) is 5.61. The Bertz CT molecular complexity index is 1050. The molecule has 0 bridgehead atoms. The summed E-state index contributed by atoms with van der Waals surface area (Å²) in [4.78, 5) is 24.6. The van der Waals surface area contributed by atoms with Gasteiger partial charge in [0.1, 0.15) is 0 Å². The molecular weight excluding hydrogens is 433 g/mol. The second kappa shape index (κ2) is 9.73. The Kier molecular flexibility index (Phi) is 6.80. The number of benzene rings is 1. The van der Waals surface area contributed by atoms with E-state index in [9.17, 15) is 4.79 Å². The standard InChI is InChI=1S/C23H25Cl2N5O/c1-16-18(15-20(28-16)17-5-7-26-8-6-17)23(31)27-9-10-29-11-13-30(14-12-29)21-4-2-3-19(24)22(21)25/h2-8,15,28H,9-14H2,1H3,(H,27,31). The van der Waals surface area contributed by atoms with Crippen LogP contribution in [-0.4, -0.2) is 60.0 Å². The quantitative estimate of drug-likeness (QED) is 0.580. The van der Waals surface area contributed by atoms with Gasteiger partial charge in [0, 0.05) is 68.6 Å². The SMILES string of the molecule is Cc1[nH]c(-c2ccncc2)cc1C(=O)NCCN1CCN(c2cccc(Cl)c2Cl)CC1. The highest BCUT2D eigenvalue weighted by Gasteiger charge is 2.20. The Balaban J connectivity index is 1.26. The van der Waals surface area contributed by atoms with Crippen molar-refractivity contribution in [2.24, 2.45) is 0 Å². The Hall–Kier alpha value is -2.54. The van der Waals surface area contributed by atoms with Gasteiger partial charge >= 0.3 is 0 Å². The fourth-order valence-corrected chi connectivity index (χ4v) is 4.27. The highest BCUT2D eigenvalue weighted by molar-refractivity contribution is 6.43. The number of nitrogens with one attached hydrogen (secondary N) is 2. The largest absolute Gasteiger partial charge is 0.368 e. The molecule has 4 rings (SSSR count). The molecule has 0 aliphatic carbocycles. The van der Waals surface area contributed by atoms with Crippen LogP contribution in [0, 0.1) is 6.92 Å². The number of aromatic nitrogens is 2. The lowest BCUT2D eigenvalue weighted by Gasteiger charge is -2.36. The highest BCUT2D eigenvalue weighted by atomic mass is 35.5. The lowest BCUT2D eigenvalue weighted by molar-refractivity contribution is 0.0947. The van der Waals surface area contributed by atoms with E-state index in [-0.39, 0.29) is 5.91 Å². The molecule has 0 atom stereocenters. The van der Waals surface area contributed by atoms with Crippen LogP contribution in [0.25, 0.3) is 11.3 Å². The summed E-state index contributed by atoms with van der Waals surface area (Å²) in [6.07, 6.45) is 3.48. The van der Waals surface area contributed by atoms with Gasteiger partial charge in [-0.1, -0.05) is 29.3 Å². The summed E-state index contributed by atoms with van der Waals surface area (Å²) in [5.74, 6) is -0.0570. The molecule has 0 saturated carbocycles. The van der Waals surface area contributed by atoms with E-state index >= 15 is 0 Å². The minimum Gasteiger partial charge on any atom is -0.368 e. The number of amides is 1. The van der Waals surface area contributed by atoms with Crippen molar-refractivity contribution in [1.29, 1.82) is 0 Å². The number of halogens is 2. The zero-order chi connectivity index (χ0) is 21.8. The van der Waals surface area contributed by atoms with Crippen molar-refractivity contribution >= 4 is 34.8 Å². The summed E-state index contributed by atoms with van der Waals surface area (Å²) in [5, 5.41) is 4.24. The number of nitrogens with zero attached hydrogens (tertiary/aromatic N) is 3. The monoisotopic (exact) mass is 457 g/mol.